The van der Waals surface area contributed by atoms with Crippen LogP contribution in [0.25, 0.3) is 11.0 Å². The van der Waals surface area contributed by atoms with Gasteiger partial charge in [0.2, 0.25) is 11.6 Å². The lowest BCUT2D eigenvalue weighted by Gasteiger charge is -2.36. The molecule has 8 heteroatoms. The summed E-state index contributed by atoms with van der Waals surface area (Å²) in [6, 6.07) is 18.6. The summed E-state index contributed by atoms with van der Waals surface area (Å²) in [5.74, 6) is 0.536. The number of hydrogen-bond acceptors (Lipinski definition) is 7. The molecule has 1 saturated heterocycles. The van der Waals surface area contributed by atoms with Gasteiger partial charge in [0.15, 0.2) is 0 Å². The number of aromatic nitrogens is 3. The number of nitrogens with zero attached hydrogens (tertiary/aromatic N) is 3. The molecule has 8 nitrogen and oxygen atoms in total. The quantitative estimate of drug-likeness (QED) is 0.372. The summed E-state index contributed by atoms with van der Waals surface area (Å²) in [4.78, 5) is 39.0. The van der Waals surface area contributed by atoms with E-state index in [2.05, 4.69) is 42.6 Å². The zero-order chi connectivity index (χ0) is 23.8. The molecule has 0 bridgehead atoms. The van der Waals surface area contributed by atoms with E-state index in [1.165, 1.54) is 5.56 Å². The normalized spacial score (nSPS) is 22.2. The second kappa shape index (κ2) is 8.87. The van der Waals surface area contributed by atoms with Gasteiger partial charge in [0, 0.05) is 36.6 Å². The minimum absolute atomic E-state index is 0.339. The first-order chi connectivity index (χ1) is 17.2. The van der Waals surface area contributed by atoms with Crippen molar-refractivity contribution in [3.8, 4) is 0 Å². The fraction of sp³-hybridized carbons (Fsp3) is 0.259. The molecule has 2 fully saturated rings. The second-order valence-electron chi connectivity index (χ2n) is 9.19. The standard InChI is InChI=1S/C27H26N6O2/c34-24-22(31-19-8-2-1-3-9-19)23(25(24)35)32-20-10-4-6-17(14-20)18-7-5-13-33(15-18)27-21-11-12-28-26(21)29-16-30-27/h1-4,6,8-12,14,16,18,22-23,31-32H,5,7,13,15H2,(H,28,29,30). The molecule has 0 amide bonds. The molecular weight excluding hydrogens is 440 g/mol. The zero-order valence-electron chi connectivity index (χ0n) is 19.1. The Morgan fingerprint density at radius 2 is 1.66 bits per heavy atom. The molecule has 2 aromatic heterocycles. The van der Waals surface area contributed by atoms with Crippen LogP contribution >= 0.6 is 0 Å². The second-order valence-corrected chi connectivity index (χ2v) is 9.19. The Morgan fingerprint density at radius 1 is 0.886 bits per heavy atom. The maximum absolute atomic E-state index is 12.4. The van der Waals surface area contributed by atoms with Gasteiger partial charge < -0.3 is 20.5 Å². The summed E-state index contributed by atoms with van der Waals surface area (Å²) in [6.45, 7) is 1.82. The van der Waals surface area contributed by atoms with Crippen molar-refractivity contribution in [2.24, 2.45) is 0 Å². The molecule has 2 aliphatic rings. The number of carbonyl (C=O) groups excluding carboxylic acids is 2. The molecule has 176 valence electrons. The molecule has 3 atom stereocenters. The van der Waals surface area contributed by atoms with Crippen LogP contribution in [-0.4, -0.2) is 51.7 Å². The molecule has 1 aliphatic carbocycles. The van der Waals surface area contributed by atoms with E-state index in [1.54, 1.807) is 6.33 Å². The highest BCUT2D eigenvalue weighted by Crippen LogP contribution is 2.33. The topological polar surface area (TPSA) is 103 Å². The predicted octanol–water partition coefficient (Wildman–Crippen LogP) is 3.75. The average Bonchev–Trinajstić information content (AvgIpc) is 3.40. The highest BCUT2D eigenvalue weighted by molar-refractivity contribution is 6.50. The van der Waals surface area contributed by atoms with Crippen LogP contribution in [0.3, 0.4) is 0 Å². The maximum Gasteiger partial charge on any atom is 0.225 e. The van der Waals surface area contributed by atoms with Crippen LogP contribution in [0.2, 0.25) is 0 Å². The van der Waals surface area contributed by atoms with E-state index in [0.29, 0.717) is 5.92 Å². The number of piperidine rings is 1. The molecule has 35 heavy (non-hydrogen) atoms. The predicted molar refractivity (Wildman–Crippen MR) is 136 cm³/mol. The summed E-state index contributed by atoms with van der Waals surface area (Å²) >= 11 is 0. The van der Waals surface area contributed by atoms with E-state index < -0.39 is 12.1 Å². The molecule has 3 unspecified atom stereocenters. The smallest absolute Gasteiger partial charge is 0.225 e. The van der Waals surface area contributed by atoms with Crippen molar-refractivity contribution in [1.82, 2.24) is 15.0 Å². The highest BCUT2D eigenvalue weighted by atomic mass is 16.2. The number of para-hydroxylation sites is 1. The third kappa shape index (κ3) is 4.01. The molecule has 4 aromatic rings. The molecule has 1 aliphatic heterocycles. The first kappa shape index (κ1) is 21.3. The Bertz CT molecular complexity index is 1380. The third-order valence-electron chi connectivity index (χ3n) is 6.97. The number of fused-ring (bicyclic) bond motifs is 1. The van der Waals surface area contributed by atoms with Gasteiger partial charge in [-0.15, -0.1) is 0 Å². The number of nitrogens with one attached hydrogen (secondary N) is 3. The Balaban J connectivity index is 1.18. The van der Waals surface area contributed by atoms with Gasteiger partial charge in [0.05, 0.1) is 5.39 Å². The van der Waals surface area contributed by atoms with E-state index in [1.807, 2.05) is 54.7 Å². The zero-order valence-corrected chi connectivity index (χ0v) is 19.1. The Hall–Kier alpha value is -4.20. The van der Waals surface area contributed by atoms with Crippen LogP contribution in [0.5, 0.6) is 0 Å². The van der Waals surface area contributed by atoms with Crippen molar-refractivity contribution in [2.75, 3.05) is 28.6 Å². The highest BCUT2D eigenvalue weighted by Gasteiger charge is 2.49. The SMILES string of the molecule is O=C1C(=O)C(Nc2cccc(C3CCCN(c4ncnc5[nH]ccc45)C3)c2)C1Nc1ccccc1. The maximum atomic E-state index is 12.4. The van der Waals surface area contributed by atoms with Crippen molar-refractivity contribution < 1.29 is 9.59 Å². The summed E-state index contributed by atoms with van der Waals surface area (Å²) in [6.07, 6.45) is 5.65. The van der Waals surface area contributed by atoms with Crippen LogP contribution < -0.4 is 15.5 Å². The largest absolute Gasteiger partial charge is 0.373 e. The van der Waals surface area contributed by atoms with Gasteiger partial charge in [0.25, 0.3) is 0 Å². The van der Waals surface area contributed by atoms with Crippen molar-refractivity contribution in [1.29, 1.82) is 0 Å². The minimum Gasteiger partial charge on any atom is -0.373 e. The van der Waals surface area contributed by atoms with Gasteiger partial charge in [-0.1, -0.05) is 30.3 Å². The molecule has 6 rings (SSSR count). The Labute approximate surface area is 202 Å². The average molecular weight is 467 g/mol. The molecule has 3 heterocycles. The molecule has 2 aromatic carbocycles. The monoisotopic (exact) mass is 466 g/mol. The van der Waals surface area contributed by atoms with Gasteiger partial charge in [-0.2, -0.15) is 0 Å². The van der Waals surface area contributed by atoms with E-state index >= 15 is 0 Å². The fourth-order valence-corrected chi connectivity index (χ4v) is 5.14. The lowest BCUT2D eigenvalue weighted by atomic mass is 9.82. The number of ketones is 2. The number of aromatic amines is 1. The first-order valence-electron chi connectivity index (χ1n) is 12.0. The number of rotatable bonds is 6. The van der Waals surface area contributed by atoms with Gasteiger partial charge in [-0.05, 0) is 48.7 Å². The lowest BCUT2D eigenvalue weighted by Crippen LogP contribution is -2.64. The summed E-state index contributed by atoms with van der Waals surface area (Å²) in [5, 5.41) is 7.53. The summed E-state index contributed by atoms with van der Waals surface area (Å²) in [5.41, 5.74) is 3.73. The number of H-pyrrole nitrogens is 1. The van der Waals surface area contributed by atoms with Crippen LogP contribution in [-0.2, 0) is 9.59 Å². The number of benzene rings is 2. The van der Waals surface area contributed by atoms with E-state index in [0.717, 1.165) is 54.2 Å². The number of carbonyl (C=O) groups is 2. The van der Waals surface area contributed by atoms with E-state index in [4.69, 9.17) is 0 Å². The molecule has 0 spiro atoms. The van der Waals surface area contributed by atoms with Crippen molar-refractivity contribution >= 4 is 39.8 Å². The van der Waals surface area contributed by atoms with Crippen LogP contribution in [0.4, 0.5) is 17.2 Å². The molecule has 0 radical (unpaired) electrons. The number of hydrogen-bond donors (Lipinski definition) is 3. The van der Waals surface area contributed by atoms with Gasteiger partial charge >= 0.3 is 0 Å². The van der Waals surface area contributed by atoms with Gasteiger partial charge in [-0.25, -0.2) is 9.97 Å². The Kier molecular flexibility index (Phi) is 5.41. The molecular formula is C27H26N6O2. The van der Waals surface area contributed by atoms with Crippen LogP contribution in [0.15, 0.2) is 73.2 Å². The third-order valence-corrected chi connectivity index (χ3v) is 6.97. The Morgan fingerprint density at radius 3 is 2.49 bits per heavy atom. The number of anilines is 3. The lowest BCUT2D eigenvalue weighted by molar-refractivity contribution is -0.144. The minimum atomic E-state index is -0.580. The van der Waals surface area contributed by atoms with Crippen LogP contribution in [0, 0.1) is 0 Å². The number of Topliss-reactive ketones (excluding diaryl/α,β-unsaturated/α-hetero) is 2. The molecule has 1 saturated carbocycles. The van der Waals surface area contributed by atoms with Crippen molar-refractivity contribution in [2.45, 2.75) is 30.8 Å². The fourth-order valence-electron chi connectivity index (χ4n) is 5.14. The van der Waals surface area contributed by atoms with E-state index in [-0.39, 0.29) is 11.6 Å². The van der Waals surface area contributed by atoms with Crippen LogP contribution in [0.1, 0.15) is 24.3 Å². The summed E-state index contributed by atoms with van der Waals surface area (Å²) in [7, 11) is 0. The summed E-state index contributed by atoms with van der Waals surface area (Å²) < 4.78 is 0. The van der Waals surface area contributed by atoms with Gasteiger partial charge in [-0.3, -0.25) is 9.59 Å². The molecule has 3 N–H and O–H groups in total. The van der Waals surface area contributed by atoms with Gasteiger partial charge in [0.1, 0.15) is 29.9 Å². The van der Waals surface area contributed by atoms with Crippen molar-refractivity contribution in [3.05, 3.63) is 78.8 Å². The van der Waals surface area contributed by atoms with Crippen molar-refractivity contribution in [3.63, 3.8) is 0 Å². The van der Waals surface area contributed by atoms with E-state index in [9.17, 15) is 9.59 Å². The first-order valence-corrected chi connectivity index (χ1v) is 12.0.